The van der Waals surface area contributed by atoms with Crippen LogP contribution in [0.25, 0.3) is 33.4 Å². The van der Waals surface area contributed by atoms with Crippen molar-refractivity contribution in [1.82, 2.24) is 39.8 Å². The summed E-state index contributed by atoms with van der Waals surface area (Å²) in [6.45, 7) is 17.5. The van der Waals surface area contributed by atoms with Gasteiger partial charge in [-0.05, 0) is 162 Å². The fourth-order valence-corrected chi connectivity index (χ4v) is 16.4. The number of nitrogens with one attached hydrogen (secondary N) is 1. The minimum Gasteiger partial charge on any atom is -0.461 e. The molecule has 2 aromatic carbocycles. The topological polar surface area (TPSA) is 403 Å². The molecule has 1 saturated carbocycles. The first-order chi connectivity index (χ1) is 59.1. The molecule has 32 nitrogen and oxygen atoms in total. The number of aliphatic hydroxyl groups is 2. The van der Waals surface area contributed by atoms with E-state index in [1.807, 2.05) is 72.9 Å². The molecule has 7 N–H and O–H groups in total. The number of oxazole rings is 1. The zero-order valence-corrected chi connectivity index (χ0v) is 72.2. The second-order valence-electron chi connectivity index (χ2n) is 32.5. The zero-order chi connectivity index (χ0) is 86.7. The second kappa shape index (κ2) is 50.5. The lowest BCUT2D eigenvalue weighted by Gasteiger charge is -2.37. The number of aliphatic hydroxyl groups excluding tert-OH is 2. The van der Waals surface area contributed by atoms with Crippen molar-refractivity contribution in [1.29, 1.82) is 0 Å². The van der Waals surface area contributed by atoms with E-state index >= 15 is 0 Å². The Morgan fingerprint density at radius 1 is 0.680 bits per heavy atom. The fraction of sp³-hybridized carbons (Fsp3) is 0.644. The van der Waals surface area contributed by atoms with E-state index in [9.17, 15) is 39.0 Å². The van der Waals surface area contributed by atoms with E-state index in [0.29, 0.717) is 235 Å². The number of hydrogen-bond donors (Lipinski definition) is 5. The largest absolute Gasteiger partial charge is 0.461 e. The number of hydrogen-bond acceptors (Lipinski definition) is 28. The molecule has 4 aliphatic heterocycles. The zero-order valence-electron chi connectivity index (χ0n) is 72.2. The van der Waals surface area contributed by atoms with Gasteiger partial charge in [-0.1, -0.05) is 75.4 Å². The smallest absolute Gasteiger partial charge is 0.407 e. The van der Waals surface area contributed by atoms with Crippen LogP contribution in [0.2, 0.25) is 0 Å². The SMILES string of the molecule is CO[C@H]1CC2CCCC(O2)C(=O)C(=O)N2CCCC[C@H]2C(=O)O[C@H](CC[C@H]2CC[C@H](OC(=O)NCCOCCOCCOCCOCCOCCOCCOCCOCCC(=O)N3CCc4cc(Cn5nc(-c6ccc7oc(N)nc7c6)c6c(N)ncnc65)ccc4C3)CC2)C[C@@H](O)[C@H](C)/C=C(\C)[C@@H](O)[C@@H](OC)C(=O)[C@H](C)C[C@H](C)/C=C/C=C/C=C/1C. The third-order valence-corrected chi connectivity index (χ3v) is 23.3. The monoisotopic (exact) mass is 1700 g/mol. The predicted octanol–water partition coefficient (Wildman–Crippen LogP) is 9.54. The van der Waals surface area contributed by atoms with E-state index in [1.54, 1.807) is 33.1 Å². The molecule has 122 heavy (non-hydrogen) atoms. The number of anilines is 2. The van der Waals surface area contributed by atoms with Crippen LogP contribution in [0.15, 0.2) is 94.7 Å². The number of benzene rings is 2. The molecule has 5 aromatic rings. The summed E-state index contributed by atoms with van der Waals surface area (Å²) in [7, 11) is 3.03. The summed E-state index contributed by atoms with van der Waals surface area (Å²) in [5, 5.41) is 31.8. The number of ether oxygens (including phenoxy) is 13. The van der Waals surface area contributed by atoms with Crippen LogP contribution in [0.1, 0.15) is 154 Å². The second-order valence-corrected chi connectivity index (χ2v) is 32.5. The molecule has 3 aromatic heterocycles. The van der Waals surface area contributed by atoms with Crippen molar-refractivity contribution >= 4 is 69.4 Å². The molecule has 3 amide bonds. The molecule has 3 fully saturated rings. The van der Waals surface area contributed by atoms with Crippen molar-refractivity contribution in [3.8, 4) is 11.3 Å². The lowest BCUT2D eigenvalue weighted by Crippen LogP contribution is -2.54. The minimum atomic E-state index is -1.28. The van der Waals surface area contributed by atoms with Gasteiger partial charge in [0.05, 0.1) is 142 Å². The number of esters is 1. The number of carbonyl (C=O) groups excluding carboxylic acids is 6. The lowest BCUT2D eigenvalue weighted by molar-refractivity contribution is -0.167. The van der Waals surface area contributed by atoms with Crippen molar-refractivity contribution in [2.75, 3.05) is 151 Å². The summed E-state index contributed by atoms with van der Waals surface area (Å²) in [4.78, 5) is 99.0. The highest BCUT2D eigenvalue weighted by Gasteiger charge is 2.42. The number of aromatic nitrogens is 5. The van der Waals surface area contributed by atoms with Crippen LogP contribution in [0.3, 0.4) is 0 Å². The molecule has 10 rings (SSSR count). The van der Waals surface area contributed by atoms with Crippen molar-refractivity contribution in [2.45, 2.75) is 212 Å². The van der Waals surface area contributed by atoms with Crippen molar-refractivity contribution in [2.24, 2.45) is 23.7 Å². The summed E-state index contributed by atoms with van der Waals surface area (Å²) in [5.74, 6) is -2.70. The molecule has 2 bridgehead atoms. The summed E-state index contributed by atoms with van der Waals surface area (Å²) >= 11 is 0. The number of methoxy groups -OCH3 is 2. The third kappa shape index (κ3) is 29.6. The average Bonchev–Trinajstić information content (AvgIpc) is 1.61. The van der Waals surface area contributed by atoms with Crippen LogP contribution in [0.5, 0.6) is 0 Å². The number of cyclic esters (lactones) is 1. The van der Waals surface area contributed by atoms with Gasteiger partial charge in [0, 0.05) is 70.6 Å². The molecule has 0 radical (unpaired) electrons. The average molecular weight is 1700 g/mol. The number of allylic oxidation sites excluding steroid dienone is 5. The number of alkyl carbamates (subject to hydrolysis) is 1. The van der Waals surface area contributed by atoms with Crippen molar-refractivity contribution < 1.29 is 105 Å². The number of rotatable bonds is 36. The molecular weight excluding hydrogens is 1570 g/mol. The summed E-state index contributed by atoms with van der Waals surface area (Å²) < 4.78 is 82.4. The van der Waals surface area contributed by atoms with Gasteiger partial charge in [0.15, 0.2) is 17.0 Å². The Labute approximate surface area is 715 Å². The lowest BCUT2D eigenvalue weighted by atomic mass is 9.83. The van der Waals surface area contributed by atoms with Crippen LogP contribution in [0.4, 0.5) is 16.6 Å². The minimum absolute atomic E-state index is 0.0322. The van der Waals surface area contributed by atoms with E-state index in [-0.39, 0.29) is 80.4 Å². The maximum absolute atomic E-state index is 14.5. The summed E-state index contributed by atoms with van der Waals surface area (Å²) in [6, 6.07) is 10.9. The van der Waals surface area contributed by atoms with E-state index in [4.69, 9.17) is 82.6 Å². The Hall–Kier alpha value is -8.48. The van der Waals surface area contributed by atoms with E-state index in [1.165, 1.54) is 23.9 Å². The number of Topliss-reactive ketones (excluding diaryl/α,β-unsaturated/α-hetero) is 2. The van der Waals surface area contributed by atoms with Gasteiger partial charge < -0.3 is 103 Å². The number of nitrogens with two attached hydrogens (primary N) is 2. The van der Waals surface area contributed by atoms with Gasteiger partial charge in [0.1, 0.15) is 59.9 Å². The fourth-order valence-electron chi connectivity index (χ4n) is 16.4. The van der Waals surface area contributed by atoms with Crippen LogP contribution < -0.4 is 16.8 Å². The number of ketones is 2. The van der Waals surface area contributed by atoms with Crippen molar-refractivity contribution in [3.63, 3.8) is 0 Å². The highest BCUT2D eigenvalue weighted by Crippen LogP contribution is 2.36. The Morgan fingerprint density at radius 3 is 2.04 bits per heavy atom. The molecule has 5 aliphatic rings. The number of fused-ring (bicyclic) bond motifs is 6. The van der Waals surface area contributed by atoms with Gasteiger partial charge in [-0.3, -0.25) is 19.2 Å². The number of carbonyl (C=O) groups is 6. The summed E-state index contributed by atoms with van der Waals surface area (Å²) in [5.41, 5.74) is 20.1. The normalized spacial score (nSPS) is 26.1. The molecule has 32 heteroatoms. The van der Waals surface area contributed by atoms with Crippen LogP contribution in [-0.4, -0.2) is 275 Å². The number of nitrogens with zero attached hydrogens (tertiary/aromatic N) is 7. The Kier molecular flexibility index (Phi) is 39.6. The van der Waals surface area contributed by atoms with Crippen LogP contribution >= 0.6 is 0 Å². The van der Waals surface area contributed by atoms with E-state index in [0.717, 1.165) is 41.5 Å². The standard InChI is InChI=1S/C90H130N10O22/c1-59-14-9-8-10-15-60(2)77(109-6)55-70-16-13-18-76(119-70)83(105)87(106)99-32-12-11-17-73(99)88(107)120-71(54-74(101)61(3)51-63(5)82(104)84(110-7)81(103)62(4)50-59)27-22-64-20-25-69(26-21-64)121-90(108)93-31-35-112-37-39-114-41-43-116-45-47-118-49-48-117-46-44-115-42-40-113-38-36-111-34-30-78(102)98-33-29-66-52-65(19-23-68(66)57-98)56-100-86-79(85(91)94-58-95-86)80(97-100)67-24-28-75-72(53-67)96-89(92)122-75/h8-10,14-15,19,23-24,28,51-53,58-59,61-62,64,69-71,73-74,76-77,82,84,101,104H,11-13,16-18,20-22,25-27,29-50,54-57H2,1-7H3,(H2,92,96)(H,93,108)(H2,91,94,95)/b10-8+,14-9+,60-15+,63-51+/t59-,61-,62-,64-,69-,70?,71-,73+,74-,76?,77+,82-,84+/m1/s1. The molecule has 0 spiro atoms. The maximum atomic E-state index is 14.5. The predicted molar refractivity (Wildman–Crippen MR) is 455 cm³/mol. The van der Waals surface area contributed by atoms with E-state index in [2.05, 4.69) is 38.5 Å². The van der Waals surface area contributed by atoms with Gasteiger partial charge in [-0.25, -0.2) is 24.2 Å². The first kappa shape index (κ1) is 95.7. The van der Waals surface area contributed by atoms with E-state index < -0.39 is 72.2 Å². The first-order valence-corrected chi connectivity index (χ1v) is 43.6. The summed E-state index contributed by atoms with van der Waals surface area (Å²) in [6.07, 6.45) is 15.5. The highest BCUT2D eigenvalue weighted by molar-refractivity contribution is 6.38. The number of piperidine rings is 1. The number of amides is 3. The van der Waals surface area contributed by atoms with Crippen LogP contribution in [0, 0.1) is 23.7 Å². The molecule has 7 heterocycles. The molecule has 672 valence electrons. The third-order valence-electron chi connectivity index (χ3n) is 23.3. The molecular formula is C90H130N10O22. The Bertz CT molecular complexity index is 4260. The van der Waals surface area contributed by atoms with Gasteiger partial charge in [0.25, 0.3) is 11.9 Å². The molecule has 11 atom stereocenters. The molecule has 2 saturated heterocycles. The Morgan fingerprint density at radius 2 is 1.36 bits per heavy atom. The van der Waals surface area contributed by atoms with Gasteiger partial charge in [0.2, 0.25) is 11.7 Å². The van der Waals surface area contributed by atoms with Gasteiger partial charge >= 0.3 is 12.1 Å². The quantitative estimate of drug-likeness (QED) is 0.0108. The van der Waals surface area contributed by atoms with Crippen molar-refractivity contribution in [3.05, 3.63) is 107 Å². The Balaban J connectivity index is 0.527. The van der Waals surface area contributed by atoms with Gasteiger partial charge in [-0.15, -0.1) is 0 Å². The van der Waals surface area contributed by atoms with Crippen LogP contribution in [-0.2, 0) is 105 Å². The maximum Gasteiger partial charge on any atom is 0.407 e. The van der Waals surface area contributed by atoms with Gasteiger partial charge in [-0.2, -0.15) is 10.1 Å². The molecule has 1 aliphatic carbocycles. The highest BCUT2D eigenvalue weighted by atomic mass is 16.6. The molecule has 2 unspecified atom stereocenters. The first-order valence-electron chi connectivity index (χ1n) is 43.6. The number of nitrogen functional groups attached to an aromatic ring is 2.